The molecular formula is C18H29N3O2. The Morgan fingerprint density at radius 1 is 1.35 bits per heavy atom. The van der Waals surface area contributed by atoms with Crippen molar-refractivity contribution >= 4 is 6.03 Å². The summed E-state index contributed by atoms with van der Waals surface area (Å²) >= 11 is 0. The summed E-state index contributed by atoms with van der Waals surface area (Å²) < 4.78 is 0. The fourth-order valence-corrected chi connectivity index (χ4v) is 2.70. The minimum atomic E-state index is -0.206. The Bertz CT molecular complexity index is 531. The summed E-state index contributed by atoms with van der Waals surface area (Å²) in [6, 6.07) is 8.02. The van der Waals surface area contributed by atoms with Crippen LogP contribution in [0.2, 0.25) is 0 Å². The molecule has 23 heavy (non-hydrogen) atoms. The average molecular weight is 319 g/mol. The Hall–Kier alpha value is -1.59. The van der Waals surface area contributed by atoms with Gasteiger partial charge in [-0.3, -0.25) is 4.90 Å². The zero-order valence-corrected chi connectivity index (χ0v) is 14.4. The Labute approximate surface area is 139 Å². The summed E-state index contributed by atoms with van der Waals surface area (Å²) in [5.41, 5.74) is 2.13. The van der Waals surface area contributed by atoms with Crippen LogP contribution in [0.5, 0.6) is 0 Å². The molecule has 0 aliphatic carbocycles. The highest BCUT2D eigenvalue weighted by atomic mass is 16.3. The maximum atomic E-state index is 12.0. The smallest absolute Gasteiger partial charge is 0.315 e. The number of hydrogen-bond acceptors (Lipinski definition) is 3. The second kappa shape index (κ2) is 7.79. The lowest BCUT2D eigenvalue weighted by molar-refractivity contribution is 0.174. The molecule has 1 atom stereocenters. The number of amides is 2. The number of nitrogens with one attached hydrogen (secondary N) is 2. The number of aliphatic hydroxyl groups is 1. The molecule has 5 nitrogen and oxygen atoms in total. The number of rotatable bonds is 6. The molecule has 1 aliphatic heterocycles. The molecule has 1 fully saturated rings. The van der Waals surface area contributed by atoms with Gasteiger partial charge in [-0.05, 0) is 37.8 Å². The fourth-order valence-electron chi connectivity index (χ4n) is 2.70. The summed E-state index contributed by atoms with van der Waals surface area (Å²) in [6.07, 6.45) is 1.52. The van der Waals surface area contributed by atoms with E-state index in [1.807, 2.05) is 32.0 Å². The molecule has 0 bridgehead atoms. The normalized spacial score (nSPS) is 18.9. The van der Waals surface area contributed by atoms with Crippen molar-refractivity contribution in [2.75, 3.05) is 13.1 Å². The minimum Gasteiger partial charge on any atom is -0.392 e. The third kappa shape index (κ3) is 5.52. The number of aliphatic hydroxyl groups excluding tert-OH is 1. The zero-order chi connectivity index (χ0) is 16.9. The third-order valence-electron chi connectivity index (χ3n) is 4.54. The highest BCUT2D eigenvalue weighted by molar-refractivity contribution is 5.74. The molecule has 128 valence electrons. The van der Waals surface area contributed by atoms with Gasteiger partial charge in [0.2, 0.25) is 0 Å². The van der Waals surface area contributed by atoms with E-state index in [1.165, 1.54) is 5.56 Å². The topological polar surface area (TPSA) is 64.6 Å². The molecule has 0 radical (unpaired) electrons. The number of hydrogen-bond donors (Lipinski definition) is 3. The van der Waals surface area contributed by atoms with Gasteiger partial charge in [0.15, 0.2) is 0 Å². The Morgan fingerprint density at radius 3 is 2.65 bits per heavy atom. The van der Waals surface area contributed by atoms with Gasteiger partial charge in [0.25, 0.3) is 0 Å². The van der Waals surface area contributed by atoms with Crippen LogP contribution in [-0.4, -0.2) is 40.8 Å². The third-order valence-corrected chi connectivity index (χ3v) is 4.54. The molecule has 1 saturated heterocycles. The monoisotopic (exact) mass is 319 g/mol. The number of carbonyl (C=O) groups excluding carboxylic acids is 1. The van der Waals surface area contributed by atoms with Crippen molar-refractivity contribution in [2.24, 2.45) is 0 Å². The van der Waals surface area contributed by atoms with Crippen molar-refractivity contribution < 1.29 is 9.90 Å². The summed E-state index contributed by atoms with van der Waals surface area (Å²) in [6.45, 7) is 9.06. The van der Waals surface area contributed by atoms with Gasteiger partial charge in [0, 0.05) is 31.7 Å². The number of benzene rings is 1. The van der Waals surface area contributed by atoms with Gasteiger partial charge in [-0.25, -0.2) is 4.79 Å². The number of carbonyl (C=O) groups is 1. The fraction of sp³-hybridized carbons (Fsp3) is 0.611. The van der Waals surface area contributed by atoms with Crippen LogP contribution in [0.15, 0.2) is 24.3 Å². The van der Waals surface area contributed by atoms with Crippen molar-refractivity contribution in [3.63, 3.8) is 0 Å². The maximum Gasteiger partial charge on any atom is 0.315 e. The van der Waals surface area contributed by atoms with Gasteiger partial charge >= 0.3 is 6.03 Å². The van der Waals surface area contributed by atoms with E-state index in [1.54, 1.807) is 0 Å². The summed E-state index contributed by atoms with van der Waals surface area (Å²) in [7, 11) is 0. The van der Waals surface area contributed by atoms with E-state index < -0.39 is 0 Å². The molecule has 1 aromatic carbocycles. The summed E-state index contributed by atoms with van der Waals surface area (Å²) in [5, 5.41) is 15.6. The van der Waals surface area contributed by atoms with E-state index >= 15 is 0 Å². The second-order valence-corrected chi connectivity index (χ2v) is 6.99. The van der Waals surface area contributed by atoms with Crippen LogP contribution in [0.1, 0.15) is 44.7 Å². The van der Waals surface area contributed by atoms with Crippen LogP contribution < -0.4 is 10.6 Å². The van der Waals surface area contributed by atoms with Crippen LogP contribution in [-0.2, 0) is 13.1 Å². The molecular weight excluding hydrogens is 290 g/mol. The largest absolute Gasteiger partial charge is 0.392 e. The van der Waals surface area contributed by atoms with E-state index in [-0.39, 0.29) is 17.7 Å². The maximum absolute atomic E-state index is 12.0. The highest BCUT2D eigenvalue weighted by Gasteiger charge is 2.21. The molecule has 2 rings (SSSR count). The van der Waals surface area contributed by atoms with Crippen molar-refractivity contribution in [1.82, 2.24) is 15.5 Å². The van der Waals surface area contributed by atoms with Crippen molar-refractivity contribution in [2.45, 2.75) is 58.3 Å². The Balaban J connectivity index is 1.91. The molecule has 1 heterocycles. The molecule has 1 aromatic rings. The van der Waals surface area contributed by atoms with Gasteiger partial charge < -0.3 is 15.7 Å². The minimum absolute atomic E-state index is 0.136. The Morgan fingerprint density at radius 2 is 2.04 bits per heavy atom. The SMILES string of the molecule is CCC(C)(C)NC(=O)NCc1ccccc1CN1CC[C@@H](O)C1. The summed E-state index contributed by atoms with van der Waals surface area (Å²) in [5.74, 6) is 0. The first-order valence-corrected chi connectivity index (χ1v) is 8.43. The van der Waals surface area contributed by atoms with Gasteiger partial charge in [-0.2, -0.15) is 0 Å². The van der Waals surface area contributed by atoms with Crippen LogP contribution in [0.3, 0.4) is 0 Å². The Kier molecular flexibility index (Phi) is 6.02. The van der Waals surface area contributed by atoms with Crippen LogP contribution in [0.25, 0.3) is 0 Å². The van der Waals surface area contributed by atoms with Crippen molar-refractivity contribution in [3.8, 4) is 0 Å². The zero-order valence-electron chi connectivity index (χ0n) is 14.4. The number of nitrogens with zero attached hydrogens (tertiary/aromatic N) is 1. The molecule has 0 spiro atoms. The van der Waals surface area contributed by atoms with Crippen LogP contribution in [0.4, 0.5) is 4.79 Å². The number of likely N-dealkylation sites (tertiary alicyclic amines) is 1. The molecule has 1 aliphatic rings. The van der Waals surface area contributed by atoms with Crippen molar-refractivity contribution in [3.05, 3.63) is 35.4 Å². The molecule has 3 N–H and O–H groups in total. The lowest BCUT2D eigenvalue weighted by Gasteiger charge is -2.25. The molecule has 0 saturated carbocycles. The molecule has 2 amide bonds. The molecule has 5 heteroatoms. The highest BCUT2D eigenvalue weighted by Crippen LogP contribution is 2.16. The predicted octanol–water partition coefficient (Wildman–Crippen LogP) is 2.24. The van der Waals surface area contributed by atoms with Crippen molar-refractivity contribution in [1.29, 1.82) is 0 Å². The first kappa shape index (κ1) is 17.8. The van der Waals surface area contributed by atoms with Crippen LogP contribution >= 0.6 is 0 Å². The molecule has 0 unspecified atom stereocenters. The van der Waals surface area contributed by atoms with E-state index in [4.69, 9.17) is 0 Å². The van der Waals surface area contributed by atoms with E-state index in [0.717, 1.165) is 38.0 Å². The van der Waals surface area contributed by atoms with E-state index in [2.05, 4.69) is 28.5 Å². The van der Waals surface area contributed by atoms with E-state index in [0.29, 0.717) is 6.54 Å². The van der Waals surface area contributed by atoms with Gasteiger partial charge in [0.1, 0.15) is 0 Å². The first-order valence-electron chi connectivity index (χ1n) is 8.43. The standard InChI is InChI=1S/C18H29N3O2/c1-4-18(2,3)20-17(23)19-11-14-7-5-6-8-15(14)12-21-10-9-16(22)13-21/h5-8,16,22H,4,9-13H2,1-3H3,(H2,19,20,23)/t16-/m1/s1. The van der Waals surface area contributed by atoms with Gasteiger partial charge in [0.05, 0.1) is 6.10 Å². The number of β-amino-alcohol motifs (C(OH)–C–C–N with tert-alkyl or cyclic N) is 1. The van der Waals surface area contributed by atoms with Gasteiger partial charge in [-0.1, -0.05) is 31.2 Å². The quantitative estimate of drug-likeness (QED) is 0.753. The predicted molar refractivity (Wildman–Crippen MR) is 92.1 cm³/mol. The first-order chi connectivity index (χ1) is 10.9. The van der Waals surface area contributed by atoms with Crippen LogP contribution in [0, 0.1) is 0 Å². The number of urea groups is 1. The lowest BCUT2D eigenvalue weighted by atomic mass is 10.0. The lowest BCUT2D eigenvalue weighted by Crippen LogP contribution is -2.47. The second-order valence-electron chi connectivity index (χ2n) is 6.99. The average Bonchev–Trinajstić information content (AvgIpc) is 2.91. The molecule has 0 aromatic heterocycles. The van der Waals surface area contributed by atoms with Gasteiger partial charge in [-0.15, -0.1) is 0 Å². The summed E-state index contributed by atoms with van der Waals surface area (Å²) in [4.78, 5) is 14.3. The van der Waals surface area contributed by atoms with E-state index in [9.17, 15) is 9.90 Å².